The number of halogens is 5. The molecule has 0 saturated heterocycles. The number of nitrogens with two attached hydrogens (primary N) is 1. The summed E-state index contributed by atoms with van der Waals surface area (Å²) in [6.45, 7) is 0. The predicted molar refractivity (Wildman–Crippen MR) is 57.2 cm³/mol. The summed E-state index contributed by atoms with van der Waals surface area (Å²) >= 11 is 0. The Labute approximate surface area is 99.1 Å². The summed E-state index contributed by atoms with van der Waals surface area (Å²) in [6, 6.07) is 0.924. The summed E-state index contributed by atoms with van der Waals surface area (Å²) in [5.74, 6) is -1.42. The zero-order chi connectivity index (χ0) is 14.3. The van der Waals surface area contributed by atoms with Crippen molar-refractivity contribution in [2.24, 2.45) is 5.73 Å². The molecule has 3 N–H and O–H groups in total. The highest BCUT2D eigenvalue weighted by molar-refractivity contribution is 8.45. The highest BCUT2D eigenvalue weighted by Gasteiger charge is 2.65. The van der Waals surface area contributed by atoms with Crippen LogP contribution in [0.1, 0.15) is 5.56 Å². The minimum absolute atomic E-state index is 0.212. The Morgan fingerprint density at radius 3 is 2.28 bits per heavy atom. The van der Waals surface area contributed by atoms with E-state index >= 15 is 0 Å². The Balaban J connectivity index is 3.13. The SMILES string of the molecule is N[C@H](Cc1cccc(S(F)(F)(F)(F)F)c1)C(=O)O. The molecule has 0 aliphatic heterocycles. The van der Waals surface area contributed by atoms with Gasteiger partial charge in [-0.25, -0.2) is 0 Å². The molecular weight excluding hydrogens is 281 g/mol. The van der Waals surface area contributed by atoms with E-state index in [1.807, 2.05) is 0 Å². The summed E-state index contributed by atoms with van der Waals surface area (Å²) in [6.07, 6.45) is -0.461. The second-order valence-electron chi connectivity index (χ2n) is 3.77. The molecule has 0 saturated carbocycles. The quantitative estimate of drug-likeness (QED) is 0.837. The number of hydrogen-bond donors (Lipinski definition) is 2. The molecule has 0 fully saturated rings. The van der Waals surface area contributed by atoms with Crippen molar-refractivity contribution >= 4 is 16.2 Å². The van der Waals surface area contributed by atoms with Gasteiger partial charge in [-0.3, -0.25) is 4.79 Å². The summed E-state index contributed by atoms with van der Waals surface area (Å²) in [5.41, 5.74) is 4.90. The fourth-order valence-corrected chi connectivity index (χ4v) is 1.96. The van der Waals surface area contributed by atoms with Crippen LogP contribution in [0.5, 0.6) is 0 Å². The summed E-state index contributed by atoms with van der Waals surface area (Å²) in [4.78, 5) is 8.37. The Morgan fingerprint density at radius 1 is 1.28 bits per heavy atom. The lowest BCUT2D eigenvalue weighted by Crippen LogP contribution is -2.32. The Kier molecular flexibility index (Phi) is 2.92. The Bertz CT molecular complexity index is 487. The minimum atomic E-state index is -9.74. The molecular formula is C9H10F5NO2S. The highest BCUT2D eigenvalue weighted by atomic mass is 32.5. The third-order valence-electron chi connectivity index (χ3n) is 2.12. The molecule has 0 aromatic heterocycles. The van der Waals surface area contributed by atoms with Crippen LogP contribution in [-0.4, -0.2) is 17.1 Å². The van der Waals surface area contributed by atoms with E-state index in [9.17, 15) is 24.2 Å². The van der Waals surface area contributed by atoms with E-state index in [0.717, 1.165) is 12.1 Å². The molecule has 1 aromatic carbocycles. The van der Waals surface area contributed by atoms with Crippen molar-refractivity contribution in [3.63, 3.8) is 0 Å². The molecule has 1 atom stereocenters. The van der Waals surface area contributed by atoms with Crippen LogP contribution in [0, 0.1) is 0 Å². The van der Waals surface area contributed by atoms with Crippen molar-refractivity contribution in [2.45, 2.75) is 17.4 Å². The fraction of sp³-hybridized carbons (Fsp3) is 0.222. The van der Waals surface area contributed by atoms with Crippen molar-refractivity contribution in [1.29, 1.82) is 0 Å². The average Bonchev–Trinajstić information content (AvgIpc) is 2.14. The van der Waals surface area contributed by atoms with Crippen LogP contribution < -0.4 is 5.73 Å². The standard InChI is InChI=1S/C9H10F5NO2S/c10-18(11,12,13,14)7-3-1-2-6(4-7)5-8(15)9(16)17/h1-4,8H,5,15H2,(H,16,17)/t8-/m1/s1. The lowest BCUT2D eigenvalue weighted by molar-refractivity contribution is -0.138. The summed E-state index contributed by atoms with van der Waals surface area (Å²) < 4.78 is 62.4. The number of carboxylic acid groups (broad SMARTS) is 1. The predicted octanol–water partition coefficient (Wildman–Crippen LogP) is 3.30. The average molecular weight is 291 g/mol. The molecule has 0 unspecified atom stereocenters. The Hall–Kier alpha value is -1.35. The molecule has 18 heavy (non-hydrogen) atoms. The van der Waals surface area contributed by atoms with Gasteiger partial charge in [0.05, 0.1) is 0 Å². The molecule has 0 amide bonds. The van der Waals surface area contributed by atoms with Gasteiger partial charge in [0, 0.05) is 0 Å². The van der Waals surface area contributed by atoms with Crippen LogP contribution in [0.25, 0.3) is 0 Å². The van der Waals surface area contributed by atoms with Crippen LogP contribution in [-0.2, 0) is 11.2 Å². The number of benzene rings is 1. The number of aliphatic carboxylic acids is 1. The largest absolute Gasteiger partial charge is 0.480 e. The molecule has 104 valence electrons. The maximum atomic E-state index is 12.5. The van der Waals surface area contributed by atoms with Crippen molar-refractivity contribution < 1.29 is 29.3 Å². The van der Waals surface area contributed by atoms with Gasteiger partial charge in [-0.2, -0.15) is 0 Å². The molecule has 0 aliphatic carbocycles. The van der Waals surface area contributed by atoms with Gasteiger partial charge in [0.1, 0.15) is 10.9 Å². The van der Waals surface area contributed by atoms with Gasteiger partial charge in [0.15, 0.2) is 0 Å². The van der Waals surface area contributed by atoms with E-state index in [-0.39, 0.29) is 17.7 Å². The lowest BCUT2D eigenvalue weighted by Gasteiger charge is -2.40. The molecule has 0 heterocycles. The van der Waals surface area contributed by atoms with E-state index < -0.39 is 33.6 Å². The summed E-state index contributed by atoms with van der Waals surface area (Å²) in [5, 5.41) is 8.49. The van der Waals surface area contributed by atoms with Crippen molar-refractivity contribution in [3.05, 3.63) is 29.8 Å². The molecule has 1 rings (SSSR count). The zero-order valence-electron chi connectivity index (χ0n) is 8.82. The van der Waals surface area contributed by atoms with Crippen LogP contribution in [0.15, 0.2) is 29.2 Å². The first-order valence-corrected chi connectivity index (χ1v) is 6.56. The summed E-state index contributed by atoms with van der Waals surface area (Å²) in [7, 11) is -9.74. The first kappa shape index (κ1) is 14.7. The lowest BCUT2D eigenvalue weighted by atomic mass is 10.1. The van der Waals surface area contributed by atoms with Crippen LogP contribution in [0.4, 0.5) is 19.4 Å². The van der Waals surface area contributed by atoms with Gasteiger partial charge in [0.25, 0.3) is 0 Å². The second kappa shape index (κ2) is 3.58. The minimum Gasteiger partial charge on any atom is -0.480 e. The third-order valence-corrected chi connectivity index (χ3v) is 3.26. The normalized spacial score (nSPS) is 17.7. The van der Waals surface area contributed by atoms with Gasteiger partial charge < -0.3 is 10.8 Å². The van der Waals surface area contributed by atoms with Crippen LogP contribution >= 0.6 is 10.2 Å². The topological polar surface area (TPSA) is 63.3 Å². The smallest absolute Gasteiger partial charge is 0.320 e. The number of carboxylic acids is 1. The molecule has 9 heteroatoms. The van der Waals surface area contributed by atoms with Crippen LogP contribution in [0.3, 0.4) is 0 Å². The van der Waals surface area contributed by atoms with Crippen molar-refractivity contribution in [2.75, 3.05) is 0 Å². The fourth-order valence-electron chi connectivity index (χ4n) is 1.25. The van der Waals surface area contributed by atoms with E-state index in [0.29, 0.717) is 0 Å². The van der Waals surface area contributed by atoms with Gasteiger partial charge in [-0.15, -0.1) is 0 Å². The first-order chi connectivity index (χ1) is 7.79. The maximum absolute atomic E-state index is 12.5. The maximum Gasteiger partial charge on any atom is 0.320 e. The van der Waals surface area contributed by atoms with E-state index in [1.54, 1.807) is 0 Å². The van der Waals surface area contributed by atoms with Gasteiger partial charge in [-0.05, 0) is 24.1 Å². The van der Waals surface area contributed by atoms with Gasteiger partial charge in [-0.1, -0.05) is 31.6 Å². The molecule has 0 spiro atoms. The molecule has 0 bridgehead atoms. The van der Waals surface area contributed by atoms with Gasteiger partial charge in [0.2, 0.25) is 0 Å². The van der Waals surface area contributed by atoms with E-state index in [2.05, 4.69) is 0 Å². The molecule has 0 radical (unpaired) electrons. The van der Waals surface area contributed by atoms with Crippen molar-refractivity contribution in [3.8, 4) is 0 Å². The monoisotopic (exact) mass is 291 g/mol. The second-order valence-corrected chi connectivity index (χ2v) is 6.17. The number of carbonyl (C=O) groups is 1. The van der Waals surface area contributed by atoms with Crippen molar-refractivity contribution in [1.82, 2.24) is 0 Å². The third kappa shape index (κ3) is 3.84. The van der Waals surface area contributed by atoms with E-state index in [1.165, 1.54) is 0 Å². The molecule has 1 aromatic rings. The first-order valence-electron chi connectivity index (χ1n) is 4.61. The number of rotatable bonds is 4. The zero-order valence-corrected chi connectivity index (χ0v) is 9.64. The highest BCUT2D eigenvalue weighted by Crippen LogP contribution is 3.02. The molecule has 0 aliphatic rings. The van der Waals surface area contributed by atoms with E-state index in [4.69, 9.17) is 10.8 Å². The number of hydrogen-bond acceptors (Lipinski definition) is 2. The van der Waals surface area contributed by atoms with Gasteiger partial charge >= 0.3 is 16.2 Å². The van der Waals surface area contributed by atoms with Crippen LogP contribution in [0.2, 0.25) is 0 Å². The Morgan fingerprint density at radius 2 is 1.83 bits per heavy atom. The molecule has 3 nitrogen and oxygen atoms in total.